The zero-order valence-electron chi connectivity index (χ0n) is 12.3. The summed E-state index contributed by atoms with van der Waals surface area (Å²) in [6, 6.07) is 0. The number of ether oxygens (including phenoxy) is 2. The fraction of sp³-hybridized carbons (Fsp3) is 1.00. The van der Waals surface area contributed by atoms with Crippen molar-refractivity contribution in [3.8, 4) is 0 Å². The highest BCUT2D eigenvalue weighted by Gasteiger charge is 2.51. The molecule has 0 aromatic heterocycles. The summed E-state index contributed by atoms with van der Waals surface area (Å²) in [5.41, 5.74) is 0.533. The summed E-state index contributed by atoms with van der Waals surface area (Å²) in [4.78, 5) is 0. The average molecular weight is 267 g/mol. The molecule has 2 saturated carbocycles. The topological polar surface area (TPSA) is 30.5 Å². The van der Waals surface area contributed by atoms with Crippen LogP contribution >= 0.6 is 0 Å². The maximum atomic E-state index is 5.92. The van der Waals surface area contributed by atoms with Gasteiger partial charge in [-0.2, -0.15) is 0 Å². The number of nitrogens with one attached hydrogen (secondary N) is 1. The van der Waals surface area contributed by atoms with Crippen LogP contribution in [0, 0.1) is 17.3 Å². The summed E-state index contributed by atoms with van der Waals surface area (Å²) in [6.45, 7) is 3.98. The molecule has 1 saturated heterocycles. The Morgan fingerprint density at radius 2 is 2.26 bits per heavy atom. The number of methoxy groups -OCH3 is 1. The lowest BCUT2D eigenvalue weighted by Crippen LogP contribution is -2.42. The van der Waals surface area contributed by atoms with Gasteiger partial charge in [0.25, 0.3) is 0 Å². The zero-order valence-corrected chi connectivity index (χ0v) is 12.3. The minimum Gasteiger partial charge on any atom is -0.383 e. The van der Waals surface area contributed by atoms with Crippen molar-refractivity contribution in [2.45, 2.75) is 51.0 Å². The van der Waals surface area contributed by atoms with Gasteiger partial charge in [-0.1, -0.05) is 6.42 Å². The second-order valence-electron chi connectivity index (χ2n) is 6.95. The van der Waals surface area contributed by atoms with E-state index in [0.717, 1.165) is 31.6 Å². The van der Waals surface area contributed by atoms with Crippen LogP contribution in [0.15, 0.2) is 0 Å². The molecular formula is C16H29NO2. The summed E-state index contributed by atoms with van der Waals surface area (Å²) >= 11 is 0. The smallest absolute Gasteiger partial charge is 0.0587 e. The minimum atomic E-state index is 0.533. The van der Waals surface area contributed by atoms with Gasteiger partial charge in [0.05, 0.1) is 12.7 Å². The Kier molecular flexibility index (Phi) is 4.45. The Labute approximate surface area is 117 Å². The highest BCUT2D eigenvalue weighted by atomic mass is 16.5. The lowest BCUT2D eigenvalue weighted by atomic mass is 9.69. The molecule has 2 bridgehead atoms. The molecule has 0 aromatic rings. The monoisotopic (exact) mass is 267 g/mol. The van der Waals surface area contributed by atoms with E-state index in [1.807, 2.05) is 0 Å². The first kappa shape index (κ1) is 13.8. The quantitative estimate of drug-likeness (QED) is 0.719. The van der Waals surface area contributed by atoms with Crippen LogP contribution in [0.5, 0.6) is 0 Å². The van der Waals surface area contributed by atoms with E-state index in [2.05, 4.69) is 5.32 Å². The molecule has 1 N–H and O–H groups in total. The summed E-state index contributed by atoms with van der Waals surface area (Å²) < 4.78 is 11.1. The molecular weight excluding hydrogens is 238 g/mol. The Morgan fingerprint density at radius 1 is 1.32 bits per heavy atom. The number of rotatable bonds is 7. The molecule has 3 nitrogen and oxygen atoms in total. The Balaban J connectivity index is 1.58. The van der Waals surface area contributed by atoms with E-state index in [1.54, 1.807) is 7.11 Å². The van der Waals surface area contributed by atoms with Gasteiger partial charge in [-0.05, 0) is 55.8 Å². The predicted octanol–water partition coefficient (Wildman–Crippen LogP) is 2.60. The SMILES string of the molecule is COCCNCC1(CC2CCCO2)CC2CCC1C2. The third kappa shape index (κ3) is 2.98. The maximum Gasteiger partial charge on any atom is 0.0587 e. The van der Waals surface area contributed by atoms with E-state index in [-0.39, 0.29) is 0 Å². The molecule has 3 rings (SSSR count). The zero-order chi connectivity index (χ0) is 13.1. The van der Waals surface area contributed by atoms with Crippen LogP contribution < -0.4 is 5.32 Å². The second-order valence-corrected chi connectivity index (χ2v) is 6.95. The standard InChI is InChI=1S/C16H29NO2/c1-18-8-6-17-12-16(11-15-3-2-7-19-15)10-13-4-5-14(16)9-13/h13-15,17H,2-12H2,1H3. The summed E-state index contributed by atoms with van der Waals surface area (Å²) in [5.74, 6) is 1.97. The number of hydrogen-bond acceptors (Lipinski definition) is 3. The van der Waals surface area contributed by atoms with E-state index in [0.29, 0.717) is 11.5 Å². The van der Waals surface area contributed by atoms with Gasteiger partial charge in [0.2, 0.25) is 0 Å². The average Bonchev–Trinajstić information content (AvgIpc) is 3.11. The van der Waals surface area contributed by atoms with Crippen molar-refractivity contribution in [2.75, 3.05) is 33.4 Å². The predicted molar refractivity (Wildman–Crippen MR) is 76.2 cm³/mol. The molecule has 3 heteroatoms. The molecule has 3 fully saturated rings. The first-order valence-electron chi connectivity index (χ1n) is 8.14. The van der Waals surface area contributed by atoms with Gasteiger partial charge in [0.15, 0.2) is 0 Å². The molecule has 0 amide bonds. The van der Waals surface area contributed by atoms with Crippen LogP contribution in [0.3, 0.4) is 0 Å². The van der Waals surface area contributed by atoms with Crippen molar-refractivity contribution in [3.63, 3.8) is 0 Å². The van der Waals surface area contributed by atoms with E-state index in [4.69, 9.17) is 9.47 Å². The van der Waals surface area contributed by atoms with Crippen molar-refractivity contribution in [2.24, 2.45) is 17.3 Å². The second kappa shape index (κ2) is 6.11. The maximum absolute atomic E-state index is 5.92. The Bertz CT molecular complexity index is 290. The molecule has 1 heterocycles. The third-order valence-electron chi connectivity index (χ3n) is 5.72. The van der Waals surface area contributed by atoms with Crippen molar-refractivity contribution in [3.05, 3.63) is 0 Å². The molecule has 19 heavy (non-hydrogen) atoms. The first-order chi connectivity index (χ1) is 9.32. The first-order valence-corrected chi connectivity index (χ1v) is 8.14. The van der Waals surface area contributed by atoms with Crippen LogP contribution in [0.2, 0.25) is 0 Å². The van der Waals surface area contributed by atoms with E-state index in [1.165, 1.54) is 51.5 Å². The van der Waals surface area contributed by atoms with Crippen LogP contribution in [0.25, 0.3) is 0 Å². The van der Waals surface area contributed by atoms with Gasteiger partial charge < -0.3 is 14.8 Å². The van der Waals surface area contributed by atoms with Gasteiger partial charge in [0, 0.05) is 26.8 Å². The molecule has 0 radical (unpaired) electrons. The number of hydrogen-bond donors (Lipinski definition) is 1. The van der Waals surface area contributed by atoms with Gasteiger partial charge >= 0.3 is 0 Å². The minimum absolute atomic E-state index is 0.533. The fourth-order valence-electron chi connectivity index (χ4n) is 4.87. The Morgan fingerprint density at radius 3 is 2.89 bits per heavy atom. The van der Waals surface area contributed by atoms with Crippen LogP contribution in [-0.2, 0) is 9.47 Å². The lowest BCUT2D eigenvalue weighted by Gasteiger charge is -2.40. The van der Waals surface area contributed by atoms with Gasteiger partial charge in [-0.25, -0.2) is 0 Å². The van der Waals surface area contributed by atoms with Crippen molar-refractivity contribution in [1.29, 1.82) is 0 Å². The normalized spacial score (nSPS) is 41.2. The van der Waals surface area contributed by atoms with E-state index in [9.17, 15) is 0 Å². The third-order valence-corrected chi connectivity index (χ3v) is 5.72. The molecule has 0 spiro atoms. The Hall–Kier alpha value is -0.120. The summed E-state index contributed by atoms with van der Waals surface area (Å²) in [6.07, 6.45) is 10.3. The summed E-state index contributed by atoms with van der Waals surface area (Å²) in [5, 5.41) is 3.65. The largest absolute Gasteiger partial charge is 0.383 e. The molecule has 2 aliphatic carbocycles. The van der Waals surface area contributed by atoms with Crippen molar-refractivity contribution < 1.29 is 9.47 Å². The molecule has 3 aliphatic rings. The van der Waals surface area contributed by atoms with Crippen LogP contribution in [0.1, 0.15) is 44.9 Å². The van der Waals surface area contributed by atoms with E-state index < -0.39 is 0 Å². The molecule has 4 unspecified atom stereocenters. The summed E-state index contributed by atoms with van der Waals surface area (Å²) in [7, 11) is 1.78. The van der Waals surface area contributed by atoms with Crippen LogP contribution in [0.4, 0.5) is 0 Å². The lowest BCUT2D eigenvalue weighted by molar-refractivity contribution is 0.0330. The molecule has 0 aromatic carbocycles. The highest BCUT2D eigenvalue weighted by Crippen LogP contribution is 2.58. The molecule has 4 atom stereocenters. The highest BCUT2D eigenvalue weighted by molar-refractivity contribution is 5.02. The fourth-order valence-corrected chi connectivity index (χ4v) is 4.87. The van der Waals surface area contributed by atoms with Crippen molar-refractivity contribution >= 4 is 0 Å². The van der Waals surface area contributed by atoms with Gasteiger partial charge in [-0.15, -0.1) is 0 Å². The number of fused-ring (bicyclic) bond motifs is 2. The molecule has 110 valence electrons. The molecule has 1 aliphatic heterocycles. The van der Waals surface area contributed by atoms with Gasteiger partial charge in [-0.3, -0.25) is 0 Å². The van der Waals surface area contributed by atoms with E-state index >= 15 is 0 Å². The van der Waals surface area contributed by atoms with Crippen molar-refractivity contribution in [1.82, 2.24) is 5.32 Å². The van der Waals surface area contributed by atoms with Crippen LogP contribution in [-0.4, -0.2) is 39.5 Å². The van der Waals surface area contributed by atoms with Gasteiger partial charge in [0.1, 0.15) is 0 Å².